The molecule has 0 aliphatic rings. The molecule has 3 aromatic carbocycles. The first kappa shape index (κ1) is 18.3. The van der Waals surface area contributed by atoms with E-state index in [0.29, 0.717) is 18.1 Å². The van der Waals surface area contributed by atoms with Gasteiger partial charge in [0, 0.05) is 4.47 Å². The van der Waals surface area contributed by atoms with Crippen LogP contribution in [0.4, 0.5) is 5.95 Å². The minimum atomic E-state index is -0.173. The normalized spacial score (nSPS) is 10.8. The van der Waals surface area contributed by atoms with Crippen LogP contribution >= 0.6 is 15.9 Å². The van der Waals surface area contributed by atoms with Gasteiger partial charge < -0.3 is 4.74 Å². The largest absolute Gasteiger partial charge is 0.489 e. The van der Waals surface area contributed by atoms with E-state index in [-0.39, 0.29) is 5.91 Å². The van der Waals surface area contributed by atoms with Crippen molar-refractivity contribution in [3.63, 3.8) is 0 Å². The number of rotatable bonds is 5. The number of carbonyl (C=O) groups is 1. The number of para-hydroxylation sites is 2. The molecule has 0 spiro atoms. The fraction of sp³-hybridized carbons (Fsp3) is 0.0909. The van der Waals surface area contributed by atoms with Crippen LogP contribution in [0.15, 0.2) is 77.3 Å². The Labute approximate surface area is 171 Å². The molecule has 1 amide bonds. The molecular formula is C22H19BrN3O2+. The smallest absolute Gasteiger partial charge is 0.363 e. The number of imidazole rings is 1. The molecule has 1 heterocycles. The summed E-state index contributed by atoms with van der Waals surface area (Å²) in [5, 5.41) is 2.95. The first-order valence-electron chi connectivity index (χ1n) is 8.85. The molecule has 0 atom stereocenters. The monoisotopic (exact) mass is 436 g/mol. The molecule has 6 heteroatoms. The molecule has 28 heavy (non-hydrogen) atoms. The molecule has 4 aromatic rings. The van der Waals surface area contributed by atoms with Crippen LogP contribution in [0.25, 0.3) is 11.0 Å². The van der Waals surface area contributed by atoms with Crippen molar-refractivity contribution < 1.29 is 14.1 Å². The Kier molecular flexibility index (Phi) is 5.12. The number of carbonyl (C=O) groups excluding carboxylic acids is 1. The molecule has 5 nitrogen and oxygen atoms in total. The van der Waals surface area contributed by atoms with Crippen molar-refractivity contribution in [2.24, 2.45) is 7.05 Å². The van der Waals surface area contributed by atoms with Crippen LogP contribution in [0, 0.1) is 0 Å². The number of H-pyrrole nitrogens is 1. The standard InChI is InChI=1S/C22H18BrN3O2/c1-26-20-8-3-2-7-19(20)24-22(26)25-21(27)16-6-4-5-15(13-16)14-28-18-11-9-17(23)10-12-18/h2-13H,14H2,1H3,(H,24,25,27)/p+1. The first-order valence-corrected chi connectivity index (χ1v) is 9.65. The van der Waals surface area contributed by atoms with Gasteiger partial charge in [-0.15, -0.1) is 0 Å². The topological polar surface area (TPSA) is 58.0 Å². The molecule has 4 rings (SSSR count). The van der Waals surface area contributed by atoms with E-state index >= 15 is 0 Å². The van der Waals surface area contributed by atoms with Crippen molar-refractivity contribution in [1.82, 2.24) is 4.98 Å². The quantitative estimate of drug-likeness (QED) is 0.449. The molecule has 2 N–H and O–H groups in total. The maximum atomic E-state index is 12.7. The average Bonchev–Trinajstić information content (AvgIpc) is 3.03. The van der Waals surface area contributed by atoms with E-state index in [4.69, 9.17) is 4.74 Å². The van der Waals surface area contributed by atoms with Crippen LogP contribution in [0.5, 0.6) is 5.75 Å². The molecular weight excluding hydrogens is 418 g/mol. The van der Waals surface area contributed by atoms with Crippen molar-refractivity contribution in [1.29, 1.82) is 0 Å². The number of halogens is 1. The Balaban J connectivity index is 1.47. The third-order valence-electron chi connectivity index (χ3n) is 4.49. The highest BCUT2D eigenvalue weighted by molar-refractivity contribution is 9.10. The zero-order chi connectivity index (χ0) is 19.5. The van der Waals surface area contributed by atoms with Crippen LogP contribution in [0.2, 0.25) is 0 Å². The lowest BCUT2D eigenvalue weighted by molar-refractivity contribution is -0.629. The summed E-state index contributed by atoms with van der Waals surface area (Å²) in [7, 11) is 1.91. The van der Waals surface area contributed by atoms with Gasteiger partial charge in [0.15, 0.2) is 0 Å². The van der Waals surface area contributed by atoms with Gasteiger partial charge in [0.25, 0.3) is 0 Å². The second-order valence-corrected chi connectivity index (χ2v) is 7.36. The number of aromatic amines is 1. The number of nitrogens with one attached hydrogen (secondary N) is 2. The average molecular weight is 437 g/mol. The maximum Gasteiger partial charge on any atom is 0.363 e. The van der Waals surface area contributed by atoms with E-state index in [1.165, 1.54) is 0 Å². The molecule has 0 unspecified atom stereocenters. The predicted molar refractivity (Wildman–Crippen MR) is 112 cm³/mol. The van der Waals surface area contributed by atoms with Crippen LogP contribution < -0.4 is 14.6 Å². The molecule has 140 valence electrons. The number of anilines is 1. The summed E-state index contributed by atoms with van der Waals surface area (Å²) in [5.41, 5.74) is 3.50. The van der Waals surface area contributed by atoms with Crippen molar-refractivity contribution in [3.8, 4) is 5.75 Å². The van der Waals surface area contributed by atoms with Gasteiger partial charge in [-0.3, -0.25) is 4.79 Å². The number of benzene rings is 3. The fourth-order valence-electron chi connectivity index (χ4n) is 3.00. The summed E-state index contributed by atoms with van der Waals surface area (Å²) < 4.78 is 8.72. The van der Waals surface area contributed by atoms with E-state index in [2.05, 4.69) is 26.2 Å². The van der Waals surface area contributed by atoms with E-state index in [1.807, 2.05) is 78.3 Å². The Hall–Kier alpha value is -3.12. The summed E-state index contributed by atoms with van der Waals surface area (Å²) in [5.74, 6) is 1.25. The van der Waals surface area contributed by atoms with Crippen LogP contribution in [0.1, 0.15) is 15.9 Å². The predicted octanol–water partition coefficient (Wildman–Crippen LogP) is 4.59. The van der Waals surface area contributed by atoms with Gasteiger partial charge in [0.1, 0.15) is 23.4 Å². The lowest BCUT2D eigenvalue weighted by atomic mass is 10.1. The van der Waals surface area contributed by atoms with Crippen LogP contribution in [-0.2, 0) is 13.7 Å². The third kappa shape index (κ3) is 3.92. The minimum Gasteiger partial charge on any atom is -0.489 e. The molecule has 1 aromatic heterocycles. The SMILES string of the molecule is C[n+]1c(NC(=O)c2cccc(COc3ccc(Br)cc3)c2)[nH]c2ccccc21. The van der Waals surface area contributed by atoms with Gasteiger partial charge in [-0.1, -0.05) is 40.2 Å². The minimum absolute atomic E-state index is 0.173. The Bertz CT molecular complexity index is 1140. The number of hydrogen-bond acceptors (Lipinski definition) is 2. The third-order valence-corrected chi connectivity index (χ3v) is 5.02. The van der Waals surface area contributed by atoms with Crippen molar-refractivity contribution in [2.75, 3.05) is 5.32 Å². The van der Waals surface area contributed by atoms with Gasteiger partial charge in [-0.25, -0.2) is 14.9 Å². The molecule has 0 aliphatic carbocycles. The van der Waals surface area contributed by atoms with E-state index in [9.17, 15) is 4.79 Å². The number of hydrogen-bond donors (Lipinski definition) is 2. The van der Waals surface area contributed by atoms with Gasteiger partial charge in [-0.05, 0) is 54.1 Å². The van der Waals surface area contributed by atoms with Crippen molar-refractivity contribution >= 4 is 38.8 Å². The zero-order valence-electron chi connectivity index (χ0n) is 15.3. The summed E-state index contributed by atoms with van der Waals surface area (Å²) >= 11 is 3.41. The lowest BCUT2D eigenvalue weighted by Gasteiger charge is -2.07. The van der Waals surface area contributed by atoms with Crippen molar-refractivity contribution in [2.45, 2.75) is 6.61 Å². The highest BCUT2D eigenvalue weighted by Crippen LogP contribution is 2.18. The zero-order valence-corrected chi connectivity index (χ0v) is 16.9. The molecule has 0 fully saturated rings. The summed E-state index contributed by atoms with van der Waals surface area (Å²) in [4.78, 5) is 15.9. The van der Waals surface area contributed by atoms with Gasteiger partial charge >= 0.3 is 11.9 Å². The van der Waals surface area contributed by atoms with E-state index in [1.54, 1.807) is 6.07 Å². The molecule has 0 bridgehead atoms. The summed E-state index contributed by atoms with van der Waals surface area (Å²) in [6.07, 6.45) is 0. The summed E-state index contributed by atoms with van der Waals surface area (Å²) in [6.45, 7) is 0.392. The molecule has 0 saturated carbocycles. The summed E-state index contributed by atoms with van der Waals surface area (Å²) in [6, 6.07) is 23.0. The lowest BCUT2D eigenvalue weighted by Crippen LogP contribution is -2.32. The Morgan fingerprint density at radius 3 is 2.64 bits per heavy atom. The highest BCUT2D eigenvalue weighted by atomic mass is 79.9. The second-order valence-electron chi connectivity index (χ2n) is 6.45. The second kappa shape index (κ2) is 7.86. The number of aryl methyl sites for hydroxylation is 1. The Morgan fingerprint density at radius 1 is 1.07 bits per heavy atom. The van der Waals surface area contributed by atoms with Gasteiger partial charge in [0.2, 0.25) is 0 Å². The first-order chi connectivity index (χ1) is 13.6. The maximum absolute atomic E-state index is 12.7. The van der Waals surface area contributed by atoms with Crippen LogP contribution in [-0.4, -0.2) is 10.9 Å². The Morgan fingerprint density at radius 2 is 1.86 bits per heavy atom. The van der Waals surface area contributed by atoms with Crippen LogP contribution in [0.3, 0.4) is 0 Å². The van der Waals surface area contributed by atoms with E-state index in [0.717, 1.165) is 26.8 Å². The number of fused-ring (bicyclic) bond motifs is 1. The number of aromatic nitrogens is 2. The van der Waals surface area contributed by atoms with Crippen molar-refractivity contribution in [3.05, 3.63) is 88.4 Å². The number of nitrogens with zero attached hydrogens (tertiary/aromatic N) is 1. The highest BCUT2D eigenvalue weighted by Gasteiger charge is 2.18. The molecule has 0 aliphatic heterocycles. The van der Waals surface area contributed by atoms with E-state index < -0.39 is 0 Å². The molecule has 0 saturated heterocycles. The number of amides is 1. The number of ether oxygens (including phenoxy) is 1. The van der Waals surface area contributed by atoms with Gasteiger partial charge in [-0.2, -0.15) is 0 Å². The molecule has 0 radical (unpaired) electrons. The fourth-order valence-corrected chi connectivity index (χ4v) is 3.26. The van der Waals surface area contributed by atoms with Gasteiger partial charge in [0.05, 0.1) is 12.6 Å².